The van der Waals surface area contributed by atoms with E-state index < -0.39 is 0 Å². The maximum Gasteiger partial charge on any atom is 0.324 e. The molecule has 2 aromatic heterocycles. The topological polar surface area (TPSA) is 98.4 Å². The van der Waals surface area contributed by atoms with E-state index in [1.54, 1.807) is 6.07 Å². The number of benzene rings is 1. The van der Waals surface area contributed by atoms with E-state index in [1.807, 2.05) is 12.3 Å². The summed E-state index contributed by atoms with van der Waals surface area (Å²) >= 11 is 1.48. The zero-order valence-corrected chi connectivity index (χ0v) is 19.7. The minimum Gasteiger partial charge on any atom is -0.489 e. The average Bonchev–Trinajstić information content (AvgIpc) is 3.30. The van der Waals surface area contributed by atoms with Crippen molar-refractivity contribution in [1.29, 1.82) is 0 Å². The number of hydrogen-bond donors (Lipinski definition) is 1. The van der Waals surface area contributed by atoms with Gasteiger partial charge in [0, 0.05) is 23.3 Å². The first kappa shape index (κ1) is 21.5. The van der Waals surface area contributed by atoms with E-state index in [9.17, 15) is 4.39 Å². The molecule has 3 aromatic rings. The molecule has 4 heterocycles. The van der Waals surface area contributed by atoms with Crippen molar-refractivity contribution in [2.24, 2.45) is 0 Å². The Hall–Kier alpha value is -3.08. The molecule has 1 aliphatic carbocycles. The molecule has 2 aliphatic heterocycles. The maximum atomic E-state index is 14.5. The summed E-state index contributed by atoms with van der Waals surface area (Å²) in [5.41, 5.74) is 0.301. The van der Waals surface area contributed by atoms with Crippen LogP contribution in [0.5, 0.6) is 11.6 Å². The van der Waals surface area contributed by atoms with Crippen LogP contribution in [0, 0.1) is 5.82 Å². The summed E-state index contributed by atoms with van der Waals surface area (Å²) in [6.07, 6.45) is 8.31. The molecule has 2 saturated heterocycles. The van der Waals surface area contributed by atoms with Crippen LogP contribution in [-0.4, -0.2) is 51.7 Å². The summed E-state index contributed by atoms with van der Waals surface area (Å²) in [6.45, 7) is 0. The quantitative estimate of drug-likeness (QED) is 0.459. The van der Waals surface area contributed by atoms with Gasteiger partial charge in [-0.25, -0.2) is 9.37 Å². The lowest BCUT2D eigenvalue weighted by Crippen LogP contribution is -2.35. The van der Waals surface area contributed by atoms with Gasteiger partial charge in [-0.3, -0.25) is 0 Å². The van der Waals surface area contributed by atoms with Gasteiger partial charge in [-0.05, 0) is 50.1 Å². The van der Waals surface area contributed by atoms with Crippen LogP contribution in [0.2, 0.25) is 0 Å². The van der Waals surface area contributed by atoms with Crippen molar-refractivity contribution in [2.75, 3.05) is 23.6 Å². The first-order valence-electron chi connectivity index (χ1n) is 11.4. The number of nitrogens with zero attached hydrogens (tertiary/aromatic N) is 5. The van der Waals surface area contributed by atoms with Crippen LogP contribution >= 0.6 is 11.8 Å². The molecule has 2 bridgehead atoms. The molecular weight excluding hydrogens is 459 g/mol. The highest BCUT2D eigenvalue weighted by Crippen LogP contribution is 2.45. The molecule has 34 heavy (non-hydrogen) atoms. The van der Waals surface area contributed by atoms with E-state index in [4.69, 9.17) is 14.0 Å². The van der Waals surface area contributed by atoms with Gasteiger partial charge >= 0.3 is 6.01 Å². The smallest absolute Gasteiger partial charge is 0.324 e. The Morgan fingerprint density at radius 2 is 2.09 bits per heavy atom. The lowest BCUT2D eigenvalue weighted by atomic mass is 9.98. The third-order valence-corrected chi connectivity index (χ3v) is 7.47. The van der Waals surface area contributed by atoms with Crippen LogP contribution in [-0.2, 0) is 0 Å². The molecule has 0 spiro atoms. The summed E-state index contributed by atoms with van der Waals surface area (Å²) in [5.74, 6) is 1.88. The van der Waals surface area contributed by atoms with Gasteiger partial charge in [0.25, 0.3) is 5.88 Å². The second-order valence-corrected chi connectivity index (χ2v) is 9.72. The van der Waals surface area contributed by atoms with Gasteiger partial charge in [-0.15, -0.1) is 11.8 Å². The fraction of sp³-hybridized carbons (Fsp3) is 0.478. The molecule has 11 heteroatoms. The number of aromatic nitrogens is 4. The van der Waals surface area contributed by atoms with Gasteiger partial charge < -0.3 is 24.2 Å². The van der Waals surface area contributed by atoms with Gasteiger partial charge in [-0.2, -0.15) is 9.97 Å². The summed E-state index contributed by atoms with van der Waals surface area (Å²) in [5, 5.41) is 7.19. The molecule has 2 unspecified atom stereocenters. The minimum atomic E-state index is -0.371. The molecule has 9 nitrogen and oxygen atoms in total. The van der Waals surface area contributed by atoms with Crippen LogP contribution in [0.3, 0.4) is 0 Å². The van der Waals surface area contributed by atoms with Crippen molar-refractivity contribution in [3.8, 4) is 11.6 Å². The second kappa shape index (κ2) is 8.61. The van der Waals surface area contributed by atoms with E-state index in [-0.39, 0.29) is 24.0 Å². The summed E-state index contributed by atoms with van der Waals surface area (Å²) in [6, 6.07) is 5.99. The highest BCUT2D eigenvalue weighted by molar-refractivity contribution is 7.98. The van der Waals surface area contributed by atoms with Gasteiger partial charge in [0.05, 0.1) is 18.8 Å². The molecular formula is C23H25FN6O3S. The molecule has 178 valence electrons. The molecule has 0 radical (unpaired) electrons. The number of fused-ring (bicyclic) bond motifs is 2. The number of thioether (sulfide) groups is 1. The third kappa shape index (κ3) is 3.81. The number of ether oxygens (including phenoxy) is 2. The van der Waals surface area contributed by atoms with Crippen molar-refractivity contribution >= 4 is 29.3 Å². The van der Waals surface area contributed by atoms with E-state index in [0.717, 1.165) is 42.8 Å². The lowest BCUT2D eigenvalue weighted by molar-refractivity contribution is 0.158. The summed E-state index contributed by atoms with van der Waals surface area (Å²) < 4.78 is 32.1. The number of methoxy groups -OCH3 is 1. The molecule has 0 amide bonds. The molecule has 1 N–H and O–H groups in total. The average molecular weight is 485 g/mol. The Kier molecular flexibility index (Phi) is 5.43. The van der Waals surface area contributed by atoms with Crippen LogP contribution in [0.1, 0.15) is 43.8 Å². The number of nitrogens with one attached hydrogen (secondary N) is 1. The molecule has 1 aromatic carbocycles. The SMILES string of the molecule is COc1c(Nc2ccc(SC)cc2F)ncnc1O[C@H]1CC2CCC1N2c1nc(C2CC2)no1. The number of rotatable bonds is 8. The van der Waals surface area contributed by atoms with Crippen molar-refractivity contribution in [2.45, 2.75) is 61.1 Å². The Balaban J connectivity index is 1.21. The maximum absolute atomic E-state index is 14.5. The number of halogens is 1. The lowest BCUT2D eigenvalue weighted by Gasteiger charge is -2.24. The van der Waals surface area contributed by atoms with E-state index in [2.05, 4.69) is 30.3 Å². The van der Waals surface area contributed by atoms with Crippen molar-refractivity contribution in [3.05, 3.63) is 36.2 Å². The zero-order valence-electron chi connectivity index (χ0n) is 18.9. The predicted molar refractivity (Wildman–Crippen MR) is 125 cm³/mol. The van der Waals surface area contributed by atoms with E-state index in [1.165, 1.54) is 31.3 Å². The monoisotopic (exact) mass is 484 g/mol. The highest BCUT2D eigenvalue weighted by atomic mass is 32.2. The number of hydrogen-bond acceptors (Lipinski definition) is 10. The fourth-order valence-electron chi connectivity index (χ4n) is 4.91. The largest absolute Gasteiger partial charge is 0.489 e. The van der Waals surface area contributed by atoms with Crippen molar-refractivity contribution in [1.82, 2.24) is 20.1 Å². The first-order chi connectivity index (χ1) is 16.6. The van der Waals surface area contributed by atoms with Gasteiger partial charge in [0.1, 0.15) is 18.2 Å². The van der Waals surface area contributed by atoms with Crippen LogP contribution < -0.4 is 19.7 Å². The summed E-state index contributed by atoms with van der Waals surface area (Å²) in [7, 11) is 1.52. The van der Waals surface area contributed by atoms with E-state index in [0.29, 0.717) is 35.1 Å². The fourth-order valence-corrected chi connectivity index (χ4v) is 5.33. The van der Waals surface area contributed by atoms with Crippen molar-refractivity contribution in [3.63, 3.8) is 0 Å². The van der Waals surface area contributed by atoms with Gasteiger partial charge in [0.15, 0.2) is 11.6 Å². The molecule has 1 saturated carbocycles. The predicted octanol–water partition coefficient (Wildman–Crippen LogP) is 4.54. The Bertz CT molecular complexity index is 1210. The molecule has 3 aliphatic rings. The van der Waals surface area contributed by atoms with E-state index >= 15 is 0 Å². The number of anilines is 3. The molecule has 6 rings (SSSR count). The minimum absolute atomic E-state index is 0.107. The molecule has 3 fully saturated rings. The van der Waals surface area contributed by atoms with Gasteiger partial charge in [-0.1, -0.05) is 5.16 Å². The van der Waals surface area contributed by atoms with Crippen molar-refractivity contribution < 1.29 is 18.4 Å². The van der Waals surface area contributed by atoms with Crippen LogP contribution in [0.4, 0.5) is 21.9 Å². The normalized spacial score (nSPS) is 23.4. The Morgan fingerprint density at radius 1 is 1.21 bits per heavy atom. The van der Waals surface area contributed by atoms with Gasteiger partial charge in [0.2, 0.25) is 5.75 Å². The first-order valence-corrected chi connectivity index (χ1v) is 12.6. The Morgan fingerprint density at radius 3 is 2.85 bits per heavy atom. The second-order valence-electron chi connectivity index (χ2n) is 8.84. The van der Waals surface area contributed by atoms with Crippen LogP contribution in [0.25, 0.3) is 0 Å². The standard InChI is InChI=1S/C23H25FN6O3S/c1-31-19-21(27-16-7-6-14(34-2)10-15(16)24)25-11-26-22(19)32-18-9-13-5-8-17(18)30(13)23-28-20(29-33-23)12-3-4-12/h6-7,10-13,17-18H,3-5,8-9H2,1-2H3,(H,25,26,27)/t13?,17?,18-/m0/s1. The highest BCUT2D eigenvalue weighted by Gasteiger charge is 2.50. The molecule has 3 atom stereocenters. The summed E-state index contributed by atoms with van der Waals surface area (Å²) in [4.78, 5) is 16.3. The Labute approximate surface area is 200 Å². The zero-order chi connectivity index (χ0) is 23.2. The van der Waals surface area contributed by atoms with Crippen LogP contribution in [0.15, 0.2) is 33.9 Å². The third-order valence-electron chi connectivity index (χ3n) is 6.74.